The highest BCUT2D eigenvalue weighted by Gasteiger charge is 2.23. The Bertz CT molecular complexity index is 1750. The van der Waals surface area contributed by atoms with Gasteiger partial charge in [-0.1, -0.05) is 29.8 Å². The van der Waals surface area contributed by atoms with E-state index in [4.69, 9.17) is 30.5 Å². The van der Waals surface area contributed by atoms with E-state index >= 15 is 0 Å². The molecule has 0 saturated heterocycles. The number of nitriles is 1. The molecule has 0 radical (unpaired) electrons. The molecule has 200 valence electrons. The Balaban J connectivity index is 1.63. The fraction of sp³-hybridized carbons (Fsp3) is 0.152. The molecule has 5 aromatic rings. The van der Waals surface area contributed by atoms with Crippen LogP contribution in [0.3, 0.4) is 0 Å². The number of hydrogen-bond acceptors (Lipinski definition) is 5. The number of halogens is 1. The molecule has 0 aliphatic heterocycles. The first-order valence-corrected chi connectivity index (χ1v) is 13.1. The van der Waals surface area contributed by atoms with Gasteiger partial charge in [-0.05, 0) is 86.5 Å². The summed E-state index contributed by atoms with van der Waals surface area (Å²) in [6.45, 7) is 6.14. The molecule has 3 aromatic carbocycles. The van der Waals surface area contributed by atoms with Gasteiger partial charge in [0, 0.05) is 45.0 Å². The Morgan fingerprint density at radius 1 is 0.875 bits per heavy atom. The van der Waals surface area contributed by atoms with Crippen LogP contribution in [0.4, 0.5) is 5.88 Å². The van der Waals surface area contributed by atoms with Crippen LogP contribution >= 0.6 is 11.6 Å². The molecule has 0 aliphatic carbocycles. The molecule has 0 aliphatic rings. The molecule has 0 atom stereocenters. The summed E-state index contributed by atoms with van der Waals surface area (Å²) in [7, 11) is 3.24. The van der Waals surface area contributed by atoms with Gasteiger partial charge in [0.15, 0.2) is 0 Å². The quantitative estimate of drug-likeness (QED) is 0.190. The summed E-state index contributed by atoms with van der Waals surface area (Å²) in [5.41, 5.74) is 7.73. The van der Waals surface area contributed by atoms with Crippen LogP contribution in [0.2, 0.25) is 5.02 Å². The predicted octanol–water partition coefficient (Wildman–Crippen LogP) is 8.62. The van der Waals surface area contributed by atoms with Gasteiger partial charge in [0.2, 0.25) is 5.88 Å². The maximum atomic E-state index is 10.3. The summed E-state index contributed by atoms with van der Waals surface area (Å²) in [6.07, 6.45) is 1.74. The zero-order chi connectivity index (χ0) is 28.4. The van der Waals surface area contributed by atoms with Crippen molar-refractivity contribution in [2.75, 3.05) is 14.2 Å². The molecule has 0 unspecified atom stereocenters. The standard InChI is InChI=1S/C33H28ClN3O3/c1-20-6-11-26(34)17-30(20)37-21(2)16-25(22(37)3)19-36-33-29(18-35)31(23-7-12-27(38-4)13-8-23)32(40-33)24-9-14-28(39-5)15-10-24/h6-17,19H,1-5H3. The van der Waals surface area contributed by atoms with Crippen LogP contribution in [-0.4, -0.2) is 25.0 Å². The Kier molecular flexibility index (Phi) is 7.50. The van der Waals surface area contributed by atoms with Crippen LogP contribution < -0.4 is 9.47 Å². The Hall–Kier alpha value is -4.73. The molecule has 7 heteroatoms. The first kappa shape index (κ1) is 26.9. The van der Waals surface area contributed by atoms with Crippen molar-refractivity contribution in [1.29, 1.82) is 5.26 Å². The van der Waals surface area contributed by atoms with Crippen molar-refractivity contribution in [2.45, 2.75) is 20.8 Å². The van der Waals surface area contributed by atoms with Gasteiger partial charge in [-0.3, -0.25) is 0 Å². The number of methoxy groups -OCH3 is 2. The molecular weight excluding hydrogens is 522 g/mol. The number of hydrogen-bond donors (Lipinski definition) is 0. The van der Waals surface area contributed by atoms with Crippen LogP contribution in [0.25, 0.3) is 28.1 Å². The largest absolute Gasteiger partial charge is 0.497 e. The van der Waals surface area contributed by atoms with Crippen molar-refractivity contribution >= 4 is 23.7 Å². The monoisotopic (exact) mass is 549 g/mol. The molecular formula is C33H28ClN3O3. The van der Waals surface area contributed by atoms with E-state index in [0.717, 1.165) is 50.8 Å². The van der Waals surface area contributed by atoms with E-state index in [1.54, 1.807) is 20.4 Å². The van der Waals surface area contributed by atoms with Crippen LogP contribution in [0.1, 0.15) is 28.1 Å². The first-order chi connectivity index (χ1) is 19.3. The van der Waals surface area contributed by atoms with Crippen LogP contribution in [0.15, 0.2) is 82.2 Å². The molecule has 0 spiro atoms. The van der Waals surface area contributed by atoms with Gasteiger partial charge >= 0.3 is 0 Å². The van der Waals surface area contributed by atoms with E-state index in [0.29, 0.717) is 21.9 Å². The van der Waals surface area contributed by atoms with E-state index < -0.39 is 0 Å². The summed E-state index contributed by atoms with van der Waals surface area (Å²) in [5, 5.41) is 10.9. The zero-order valence-electron chi connectivity index (χ0n) is 22.9. The van der Waals surface area contributed by atoms with Gasteiger partial charge in [-0.2, -0.15) is 5.26 Å². The number of furan rings is 1. The second-order valence-corrected chi connectivity index (χ2v) is 9.84. The average Bonchev–Trinajstić information content (AvgIpc) is 3.49. The molecule has 0 fully saturated rings. The van der Waals surface area contributed by atoms with Gasteiger partial charge in [-0.25, -0.2) is 4.99 Å². The van der Waals surface area contributed by atoms with E-state index in [1.807, 2.05) is 80.6 Å². The van der Waals surface area contributed by atoms with Gasteiger partial charge in [0.25, 0.3) is 0 Å². The number of ether oxygens (including phenoxy) is 2. The third kappa shape index (κ3) is 5.00. The molecule has 2 heterocycles. The molecule has 5 rings (SSSR count). The summed E-state index contributed by atoms with van der Waals surface area (Å²) in [5.74, 6) is 2.24. The molecule has 0 bridgehead atoms. The van der Waals surface area contributed by atoms with Gasteiger partial charge < -0.3 is 18.5 Å². The van der Waals surface area contributed by atoms with Crippen molar-refractivity contribution in [3.8, 4) is 45.7 Å². The van der Waals surface area contributed by atoms with Crippen LogP contribution in [-0.2, 0) is 0 Å². The highest BCUT2D eigenvalue weighted by atomic mass is 35.5. The van der Waals surface area contributed by atoms with Crippen LogP contribution in [0.5, 0.6) is 11.5 Å². The predicted molar refractivity (Wildman–Crippen MR) is 160 cm³/mol. The molecule has 0 N–H and O–H groups in total. The fourth-order valence-corrected chi connectivity index (χ4v) is 5.00. The lowest BCUT2D eigenvalue weighted by Gasteiger charge is -2.13. The first-order valence-electron chi connectivity index (χ1n) is 12.7. The highest BCUT2D eigenvalue weighted by Crippen LogP contribution is 2.43. The van der Waals surface area contributed by atoms with Gasteiger partial charge in [0.1, 0.15) is 28.9 Å². The number of nitrogens with zero attached hydrogens (tertiary/aromatic N) is 3. The number of benzene rings is 3. The second-order valence-electron chi connectivity index (χ2n) is 9.41. The smallest absolute Gasteiger partial charge is 0.238 e. The Morgan fingerprint density at radius 2 is 1.50 bits per heavy atom. The molecule has 0 saturated carbocycles. The number of rotatable bonds is 7. The topological polar surface area (TPSA) is 72.7 Å². The number of aryl methyl sites for hydroxylation is 2. The lowest BCUT2D eigenvalue weighted by molar-refractivity contribution is 0.414. The minimum atomic E-state index is 0.239. The maximum Gasteiger partial charge on any atom is 0.238 e. The van der Waals surface area contributed by atoms with Crippen molar-refractivity contribution in [3.05, 3.63) is 106 Å². The van der Waals surface area contributed by atoms with E-state index in [9.17, 15) is 5.26 Å². The minimum absolute atomic E-state index is 0.239. The number of aliphatic imine (C=N–C) groups is 1. The third-order valence-electron chi connectivity index (χ3n) is 6.94. The van der Waals surface area contributed by atoms with Crippen molar-refractivity contribution in [1.82, 2.24) is 4.57 Å². The lowest BCUT2D eigenvalue weighted by atomic mass is 9.98. The average molecular weight is 550 g/mol. The summed E-state index contributed by atoms with van der Waals surface area (Å²) >= 11 is 6.31. The summed E-state index contributed by atoms with van der Waals surface area (Å²) < 4.78 is 19.1. The third-order valence-corrected chi connectivity index (χ3v) is 7.17. The fourth-order valence-electron chi connectivity index (χ4n) is 4.83. The normalized spacial score (nSPS) is 11.1. The summed E-state index contributed by atoms with van der Waals surface area (Å²) in [4.78, 5) is 4.69. The Morgan fingerprint density at radius 3 is 2.10 bits per heavy atom. The number of aromatic nitrogens is 1. The highest BCUT2D eigenvalue weighted by molar-refractivity contribution is 6.30. The van der Waals surface area contributed by atoms with E-state index in [-0.39, 0.29) is 5.88 Å². The SMILES string of the molecule is COc1ccc(-c2oc(N=Cc3cc(C)n(-c4cc(Cl)ccc4C)c3C)c(C#N)c2-c2ccc(OC)cc2)cc1. The van der Waals surface area contributed by atoms with Crippen LogP contribution in [0, 0.1) is 32.1 Å². The molecule has 2 aromatic heterocycles. The van der Waals surface area contributed by atoms with Crippen molar-refractivity contribution < 1.29 is 13.9 Å². The molecule has 40 heavy (non-hydrogen) atoms. The van der Waals surface area contributed by atoms with E-state index in [2.05, 4.69) is 23.6 Å². The van der Waals surface area contributed by atoms with Crippen molar-refractivity contribution in [3.63, 3.8) is 0 Å². The lowest BCUT2D eigenvalue weighted by Crippen LogP contribution is -2.02. The van der Waals surface area contributed by atoms with E-state index in [1.165, 1.54) is 0 Å². The maximum absolute atomic E-state index is 10.3. The summed E-state index contributed by atoms with van der Waals surface area (Å²) in [6, 6.07) is 25.3. The molecule has 6 nitrogen and oxygen atoms in total. The Labute approximate surface area is 238 Å². The zero-order valence-corrected chi connectivity index (χ0v) is 23.7. The second kappa shape index (κ2) is 11.2. The van der Waals surface area contributed by atoms with Gasteiger partial charge in [-0.15, -0.1) is 0 Å². The van der Waals surface area contributed by atoms with Gasteiger partial charge in [0.05, 0.1) is 14.2 Å². The minimum Gasteiger partial charge on any atom is -0.497 e. The van der Waals surface area contributed by atoms with Crippen molar-refractivity contribution in [2.24, 2.45) is 4.99 Å². The molecule has 0 amide bonds.